The highest BCUT2D eigenvalue weighted by molar-refractivity contribution is 6.16. The number of rotatable bonds is 6. The molecule has 0 atom stereocenters. The summed E-state index contributed by atoms with van der Waals surface area (Å²) in [5.41, 5.74) is 0.823. The van der Waals surface area contributed by atoms with E-state index in [2.05, 4.69) is 16.8 Å². The predicted molar refractivity (Wildman–Crippen MR) is 61.3 cm³/mol. The Morgan fingerprint density at radius 1 is 1.60 bits per heavy atom. The summed E-state index contributed by atoms with van der Waals surface area (Å²) in [5.74, 6) is 1.27. The van der Waals surface area contributed by atoms with Gasteiger partial charge in [0.05, 0.1) is 11.6 Å². The molecule has 1 aromatic heterocycles. The van der Waals surface area contributed by atoms with Crippen LogP contribution >= 0.6 is 11.6 Å². The lowest BCUT2D eigenvalue weighted by molar-refractivity contribution is 0.523. The molecule has 0 radical (unpaired) electrons. The maximum Gasteiger partial charge on any atom is 0.297 e. The molecule has 0 N–H and O–H groups in total. The van der Waals surface area contributed by atoms with Crippen molar-refractivity contribution in [1.82, 2.24) is 4.98 Å². The fourth-order valence-electron chi connectivity index (χ4n) is 1.65. The maximum atomic E-state index is 5.70. The van der Waals surface area contributed by atoms with Gasteiger partial charge in [0.1, 0.15) is 6.26 Å². The normalized spacial score (nSPS) is 15.6. The Morgan fingerprint density at radius 2 is 2.40 bits per heavy atom. The van der Waals surface area contributed by atoms with E-state index in [0.29, 0.717) is 5.88 Å². The molecule has 1 fully saturated rings. The molecule has 2 rings (SSSR count). The fraction of sp³-hybridized carbons (Fsp3) is 0.727. The third-order valence-electron chi connectivity index (χ3n) is 2.62. The van der Waals surface area contributed by atoms with Gasteiger partial charge in [0, 0.05) is 13.1 Å². The molecule has 0 aliphatic heterocycles. The summed E-state index contributed by atoms with van der Waals surface area (Å²) in [6.45, 7) is 4.26. The quantitative estimate of drug-likeness (QED) is 0.701. The SMILES string of the molecule is CCCN(CC1CC1)c1nc(CCl)co1. The first-order chi connectivity index (χ1) is 7.33. The molecule has 3 nitrogen and oxygen atoms in total. The first-order valence-corrected chi connectivity index (χ1v) is 6.12. The summed E-state index contributed by atoms with van der Waals surface area (Å²) in [6.07, 6.45) is 5.47. The van der Waals surface area contributed by atoms with E-state index in [0.717, 1.165) is 37.1 Å². The van der Waals surface area contributed by atoms with Crippen LogP contribution in [0.2, 0.25) is 0 Å². The number of anilines is 1. The molecule has 0 spiro atoms. The molecule has 1 aliphatic rings. The number of oxazole rings is 1. The van der Waals surface area contributed by atoms with Crippen LogP contribution in [0.1, 0.15) is 31.9 Å². The van der Waals surface area contributed by atoms with Crippen molar-refractivity contribution < 1.29 is 4.42 Å². The molecule has 0 saturated heterocycles. The van der Waals surface area contributed by atoms with Crippen LogP contribution in [0.4, 0.5) is 6.01 Å². The Balaban J connectivity index is 2.00. The molecule has 0 amide bonds. The van der Waals surface area contributed by atoms with Crippen molar-refractivity contribution in [2.75, 3.05) is 18.0 Å². The highest BCUT2D eigenvalue weighted by Gasteiger charge is 2.25. The van der Waals surface area contributed by atoms with Crippen molar-refractivity contribution in [2.45, 2.75) is 32.1 Å². The fourth-order valence-corrected chi connectivity index (χ4v) is 1.77. The largest absolute Gasteiger partial charge is 0.432 e. The van der Waals surface area contributed by atoms with E-state index in [4.69, 9.17) is 16.0 Å². The van der Waals surface area contributed by atoms with Crippen molar-refractivity contribution in [3.8, 4) is 0 Å². The first-order valence-electron chi connectivity index (χ1n) is 5.58. The number of hydrogen-bond donors (Lipinski definition) is 0. The lowest BCUT2D eigenvalue weighted by Gasteiger charge is -2.19. The summed E-state index contributed by atoms with van der Waals surface area (Å²) < 4.78 is 5.43. The number of halogens is 1. The van der Waals surface area contributed by atoms with Crippen molar-refractivity contribution in [1.29, 1.82) is 0 Å². The molecule has 0 unspecified atom stereocenters. The lowest BCUT2D eigenvalue weighted by Crippen LogP contribution is -2.26. The second kappa shape index (κ2) is 4.88. The average molecular weight is 229 g/mol. The number of aromatic nitrogens is 1. The Hall–Kier alpha value is -0.700. The molecule has 0 bridgehead atoms. The van der Waals surface area contributed by atoms with E-state index < -0.39 is 0 Å². The van der Waals surface area contributed by atoms with Crippen molar-refractivity contribution >= 4 is 17.6 Å². The van der Waals surface area contributed by atoms with Gasteiger partial charge in [-0.15, -0.1) is 11.6 Å². The highest BCUT2D eigenvalue weighted by Crippen LogP contribution is 2.31. The molecule has 1 heterocycles. The summed E-state index contributed by atoms with van der Waals surface area (Å²) in [6, 6.07) is 0.736. The van der Waals surface area contributed by atoms with E-state index in [9.17, 15) is 0 Å². The molecule has 0 aromatic carbocycles. The van der Waals surface area contributed by atoms with Crippen LogP contribution < -0.4 is 4.90 Å². The molecular weight excluding hydrogens is 212 g/mol. The molecule has 1 saturated carbocycles. The van der Waals surface area contributed by atoms with Crippen LogP contribution in [-0.4, -0.2) is 18.1 Å². The standard InChI is InChI=1S/C11H17ClN2O/c1-2-5-14(7-9-3-4-9)11-13-10(6-12)8-15-11/h8-9H,2-7H2,1H3. The van der Waals surface area contributed by atoms with Gasteiger partial charge in [-0.1, -0.05) is 6.92 Å². The monoisotopic (exact) mass is 228 g/mol. The van der Waals surface area contributed by atoms with Crippen LogP contribution in [0.25, 0.3) is 0 Å². The van der Waals surface area contributed by atoms with Gasteiger partial charge in [0.15, 0.2) is 0 Å². The summed E-state index contributed by atoms with van der Waals surface area (Å²) in [7, 11) is 0. The van der Waals surface area contributed by atoms with Crippen LogP contribution in [0.5, 0.6) is 0 Å². The number of hydrogen-bond acceptors (Lipinski definition) is 3. The predicted octanol–water partition coefficient (Wildman–Crippen LogP) is 3.04. The van der Waals surface area contributed by atoms with Crippen LogP contribution in [0, 0.1) is 5.92 Å². The van der Waals surface area contributed by atoms with Gasteiger partial charge in [-0.05, 0) is 25.2 Å². The lowest BCUT2D eigenvalue weighted by atomic mass is 10.3. The van der Waals surface area contributed by atoms with Crippen molar-refractivity contribution in [2.24, 2.45) is 5.92 Å². The van der Waals surface area contributed by atoms with Gasteiger partial charge in [-0.2, -0.15) is 4.98 Å². The second-order valence-corrected chi connectivity index (χ2v) is 4.41. The first kappa shape index (κ1) is 10.8. The minimum Gasteiger partial charge on any atom is -0.432 e. The number of nitrogens with zero attached hydrogens (tertiary/aromatic N) is 2. The van der Waals surface area contributed by atoms with Crippen molar-refractivity contribution in [3.63, 3.8) is 0 Å². The van der Waals surface area contributed by atoms with Gasteiger partial charge in [0.25, 0.3) is 6.01 Å². The Kier molecular flexibility index (Phi) is 3.52. The zero-order valence-corrected chi connectivity index (χ0v) is 9.83. The van der Waals surface area contributed by atoms with Crippen LogP contribution in [0.3, 0.4) is 0 Å². The molecule has 15 heavy (non-hydrogen) atoms. The second-order valence-electron chi connectivity index (χ2n) is 4.14. The van der Waals surface area contributed by atoms with E-state index in [1.807, 2.05) is 0 Å². The summed E-state index contributed by atoms with van der Waals surface area (Å²) in [5, 5.41) is 0. The zero-order valence-electron chi connectivity index (χ0n) is 9.08. The van der Waals surface area contributed by atoms with Crippen LogP contribution in [-0.2, 0) is 5.88 Å². The molecule has 84 valence electrons. The average Bonchev–Trinajstić information content (AvgIpc) is 2.94. The Labute approximate surface area is 95.4 Å². The van der Waals surface area contributed by atoms with Gasteiger partial charge < -0.3 is 9.32 Å². The molecular formula is C11H17ClN2O. The van der Waals surface area contributed by atoms with E-state index >= 15 is 0 Å². The van der Waals surface area contributed by atoms with Crippen LogP contribution in [0.15, 0.2) is 10.7 Å². The highest BCUT2D eigenvalue weighted by atomic mass is 35.5. The summed E-state index contributed by atoms with van der Waals surface area (Å²) in [4.78, 5) is 6.59. The third kappa shape index (κ3) is 2.88. The Morgan fingerprint density at radius 3 is 2.93 bits per heavy atom. The van der Waals surface area contributed by atoms with E-state index in [1.165, 1.54) is 12.8 Å². The van der Waals surface area contributed by atoms with Gasteiger partial charge in [-0.3, -0.25) is 0 Å². The van der Waals surface area contributed by atoms with Gasteiger partial charge in [0.2, 0.25) is 0 Å². The maximum absolute atomic E-state index is 5.70. The zero-order chi connectivity index (χ0) is 10.7. The minimum absolute atomic E-state index is 0.424. The topological polar surface area (TPSA) is 29.3 Å². The van der Waals surface area contributed by atoms with E-state index in [-0.39, 0.29) is 0 Å². The van der Waals surface area contributed by atoms with Gasteiger partial charge >= 0.3 is 0 Å². The molecule has 4 heteroatoms. The third-order valence-corrected chi connectivity index (χ3v) is 2.89. The summed E-state index contributed by atoms with van der Waals surface area (Å²) >= 11 is 5.70. The molecule has 1 aromatic rings. The molecule has 1 aliphatic carbocycles. The number of alkyl halides is 1. The smallest absolute Gasteiger partial charge is 0.297 e. The van der Waals surface area contributed by atoms with E-state index in [1.54, 1.807) is 6.26 Å². The minimum atomic E-state index is 0.424. The Bertz CT molecular complexity index is 309. The van der Waals surface area contributed by atoms with Gasteiger partial charge in [-0.25, -0.2) is 0 Å². The van der Waals surface area contributed by atoms with Crippen molar-refractivity contribution in [3.05, 3.63) is 12.0 Å².